The van der Waals surface area contributed by atoms with E-state index in [1.54, 1.807) is 11.8 Å². The normalized spacial score (nSPS) is 15.7. The Balaban J connectivity index is 1.55. The van der Waals surface area contributed by atoms with E-state index in [4.69, 9.17) is 0 Å². The van der Waals surface area contributed by atoms with Crippen molar-refractivity contribution < 1.29 is 4.79 Å². The van der Waals surface area contributed by atoms with Crippen molar-refractivity contribution in [3.8, 4) is 0 Å². The Kier molecular flexibility index (Phi) is 5.20. The van der Waals surface area contributed by atoms with Crippen molar-refractivity contribution in [2.45, 2.75) is 24.3 Å². The molecule has 1 aliphatic heterocycles. The molecule has 0 bridgehead atoms. The molecule has 0 aliphatic carbocycles. The molecule has 3 aromatic carbocycles. The number of urea groups is 1. The van der Waals surface area contributed by atoms with Gasteiger partial charge in [-0.1, -0.05) is 54.1 Å². The van der Waals surface area contributed by atoms with Crippen molar-refractivity contribution in [3.63, 3.8) is 0 Å². The number of hydrogen-bond donors (Lipinski definition) is 2. The second kappa shape index (κ2) is 8.16. The zero-order valence-corrected chi connectivity index (χ0v) is 18.5. The molecule has 31 heavy (non-hydrogen) atoms. The number of amides is 2. The fourth-order valence-electron chi connectivity index (χ4n) is 4.45. The van der Waals surface area contributed by atoms with Gasteiger partial charge in [-0.3, -0.25) is 0 Å². The van der Waals surface area contributed by atoms with Gasteiger partial charge in [-0.05, 0) is 55.0 Å². The molecule has 0 unspecified atom stereocenters. The number of aryl methyl sites for hydroxylation is 1. The lowest BCUT2D eigenvalue weighted by atomic mass is 9.92. The Labute approximate surface area is 186 Å². The van der Waals surface area contributed by atoms with Crippen molar-refractivity contribution in [3.05, 3.63) is 95.2 Å². The number of aromatic amines is 1. The molecule has 4 aromatic rings. The molecule has 5 heteroatoms. The number of nitrogens with zero attached hydrogens (tertiary/aromatic N) is 1. The lowest BCUT2D eigenvalue weighted by Crippen LogP contribution is -2.43. The minimum atomic E-state index is -0.152. The van der Waals surface area contributed by atoms with Crippen molar-refractivity contribution in [2.24, 2.45) is 0 Å². The number of hydrogen-bond acceptors (Lipinski definition) is 2. The second-order valence-electron chi connectivity index (χ2n) is 7.98. The molecule has 0 saturated carbocycles. The Morgan fingerprint density at radius 3 is 2.68 bits per heavy atom. The first-order chi connectivity index (χ1) is 15.1. The second-order valence-corrected chi connectivity index (χ2v) is 8.86. The predicted octanol–water partition coefficient (Wildman–Crippen LogP) is 6.38. The van der Waals surface area contributed by atoms with Crippen LogP contribution in [0.1, 0.15) is 28.4 Å². The Bertz CT molecular complexity index is 1250. The number of carbonyl (C=O) groups excluding carboxylic acids is 1. The van der Waals surface area contributed by atoms with Crippen LogP contribution in [0.15, 0.2) is 77.7 Å². The minimum Gasteiger partial charge on any atom is -0.356 e. The third kappa shape index (κ3) is 3.70. The van der Waals surface area contributed by atoms with E-state index in [2.05, 4.69) is 59.7 Å². The summed E-state index contributed by atoms with van der Waals surface area (Å²) < 4.78 is 0. The molecule has 0 radical (unpaired) electrons. The molecule has 2 heterocycles. The summed E-state index contributed by atoms with van der Waals surface area (Å²) in [5.41, 5.74) is 6.70. The van der Waals surface area contributed by atoms with Crippen LogP contribution in [-0.2, 0) is 6.42 Å². The molecule has 0 fully saturated rings. The maximum atomic E-state index is 13.4. The number of H-pyrrole nitrogens is 1. The van der Waals surface area contributed by atoms with Gasteiger partial charge >= 0.3 is 6.03 Å². The molecular formula is C26H25N3OS. The van der Waals surface area contributed by atoms with Gasteiger partial charge in [-0.15, -0.1) is 11.8 Å². The number of aromatic nitrogens is 1. The van der Waals surface area contributed by atoms with Gasteiger partial charge in [0.05, 0.1) is 6.04 Å². The largest absolute Gasteiger partial charge is 0.356 e. The number of para-hydroxylation sites is 1. The zero-order valence-electron chi connectivity index (χ0n) is 17.7. The van der Waals surface area contributed by atoms with E-state index in [9.17, 15) is 4.79 Å². The predicted molar refractivity (Wildman–Crippen MR) is 129 cm³/mol. The molecule has 5 rings (SSSR count). The summed E-state index contributed by atoms with van der Waals surface area (Å²) in [6.07, 6.45) is 2.87. The van der Waals surface area contributed by atoms with E-state index in [0.717, 1.165) is 33.8 Å². The van der Waals surface area contributed by atoms with Gasteiger partial charge in [0.2, 0.25) is 0 Å². The molecular weight excluding hydrogens is 402 g/mol. The Morgan fingerprint density at radius 1 is 1.06 bits per heavy atom. The number of rotatable bonds is 3. The summed E-state index contributed by atoms with van der Waals surface area (Å²) in [7, 11) is 0. The minimum absolute atomic E-state index is 0.0758. The van der Waals surface area contributed by atoms with Crippen LogP contribution in [0.2, 0.25) is 0 Å². The van der Waals surface area contributed by atoms with Crippen LogP contribution in [0, 0.1) is 6.92 Å². The van der Waals surface area contributed by atoms with E-state index in [1.807, 2.05) is 41.5 Å². The molecule has 0 saturated heterocycles. The fourth-order valence-corrected chi connectivity index (χ4v) is 4.91. The van der Waals surface area contributed by atoms with E-state index < -0.39 is 0 Å². The highest BCUT2D eigenvalue weighted by atomic mass is 32.2. The molecule has 1 aliphatic rings. The number of anilines is 1. The van der Waals surface area contributed by atoms with Crippen LogP contribution in [0.25, 0.3) is 10.9 Å². The quantitative estimate of drug-likeness (QED) is 0.373. The van der Waals surface area contributed by atoms with E-state index >= 15 is 0 Å². The molecule has 156 valence electrons. The third-order valence-corrected chi connectivity index (χ3v) is 6.73. The zero-order chi connectivity index (χ0) is 21.4. The smallest absolute Gasteiger partial charge is 0.322 e. The Hall–Kier alpha value is -3.18. The molecule has 1 atom stereocenters. The van der Waals surface area contributed by atoms with Gasteiger partial charge in [-0.2, -0.15) is 0 Å². The summed E-state index contributed by atoms with van der Waals surface area (Å²) in [6.45, 7) is 2.75. The van der Waals surface area contributed by atoms with Gasteiger partial charge in [0.1, 0.15) is 0 Å². The number of carbonyl (C=O) groups is 1. The molecule has 2 N–H and O–H groups in total. The highest BCUT2D eigenvalue weighted by Gasteiger charge is 2.34. The summed E-state index contributed by atoms with van der Waals surface area (Å²) in [5.74, 6) is 0. The van der Waals surface area contributed by atoms with Gasteiger partial charge < -0.3 is 15.2 Å². The first kappa shape index (κ1) is 19.8. The average molecular weight is 428 g/mol. The van der Waals surface area contributed by atoms with Crippen LogP contribution in [0.4, 0.5) is 10.5 Å². The van der Waals surface area contributed by atoms with Crippen molar-refractivity contribution in [2.75, 3.05) is 18.1 Å². The van der Waals surface area contributed by atoms with Crippen molar-refractivity contribution in [1.82, 2.24) is 9.88 Å². The van der Waals surface area contributed by atoms with E-state index in [-0.39, 0.29) is 12.1 Å². The molecule has 1 aromatic heterocycles. The van der Waals surface area contributed by atoms with Crippen LogP contribution in [-0.4, -0.2) is 28.7 Å². The number of benzene rings is 3. The average Bonchev–Trinajstić information content (AvgIpc) is 3.18. The van der Waals surface area contributed by atoms with Gasteiger partial charge in [0, 0.05) is 33.7 Å². The number of thioether (sulfide) groups is 1. The standard InChI is InChI=1S/C26H25N3OS/c1-17-10-12-18(13-11-17)25-24-22(21-8-3-4-9-23(21)28-24)14-15-29(25)26(30)27-19-6-5-7-20(16-19)31-2/h3-13,16,25,28H,14-15H2,1-2H3,(H,27,30)/t25-/m1/s1. The lowest BCUT2D eigenvalue weighted by Gasteiger charge is -2.36. The fraction of sp³-hybridized carbons (Fsp3) is 0.192. The van der Waals surface area contributed by atoms with E-state index in [1.165, 1.54) is 16.5 Å². The summed E-state index contributed by atoms with van der Waals surface area (Å²) >= 11 is 1.67. The first-order valence-electron chi connectivity index (χ1n) is 10.5. The molecule has 2 amide bonds. The topological polar surface area (TPSA) is 48.1 Å². The number of nitrogens with one attached hydrogen (secondary N) is 2. The molecule has 0 spiro atoms. The van der Waals surface area contributed by atoms with Crippen LogP contribution in [0.5, 0.6) is 0 Å². The molecule has 4 nitrogen and oxygen atoms in total. The van der Waals surface area contributed by atoms with Gasteiger partial charge in [0.25, 0.3) is 0 Å². The summed E-state index contributed by atoms with van der Waals surface area (Å²) in [4.78, 5) is 20.1. The van der Waals surface area contributed by atoms with Crippen LogP contribution >= 0.6 is 11.8 Å². The van der Waals surface area contributed by atoms with Crippen molar-refractivity contribution in [1.29, 1.82) is 0 Å². The number of fused-ring (bicyclic) bond motifs is 3. The highest BCUT2D eigenvalue weighted by Crippen LogP contribution is 2.38. The van der Waals surface area contributed by atoms with Gasteiger partial charge in [-0.25, -0.2) is 4.79 Å². The van der Waals surface area contributed by atoms with Crippen LogP contribution in [0.3, 0.4) is 0 Å². The van der Waals surface area contributed by atoms with E-state index in [0.29, 0.717) is 6.54 Å². The maximum Gasteiger partial charge on any atom is 0.322 e. The SMILES string of the molecule is CSc1cccc(NC(=O)N2CCc3c([nH]c4ccccc34)[C@H]2c2ccc(C)cc2)c1. The summed E-state index contributed by atoms with van der Waals surface area (Å²) in [6, 6.07) is 24.7. The first-order valence-corrected chi connectivity index (χ1v) is 11.7. The van der Waals surface area contributed by atoms with Gasteiger partial charge in [0.15, 0.2) is 0 Å². The lowest BCUT2D eigenvalue weighted by molar-refractivity contribution is 0.193. The highest BCUT2D eigenvalue weighted by molar-refractivity contribution is 7.98. The summed E-state index contributed by atoms with van der Waals surface area (Å²) in [5, 5.41) is 4.37. The van der Waals surface area contributed by atoms with Crippen LogP contribution < -0.4 is 5.32 Å². The Morgan fingerprint density at radius 2 is 1.87 bits per heavy atom. The third-order valence-electron chi connectivity index (χ3n) is 6.01. The monoisotopic (exact) mass is 427 g/mol. The maximum absolute atomic E-state index is 13.4. The van der Waals surface area contributed by atoms with Crippen molar-refractivity contribution >= 4 is 34.4 Å².